The zero-order chi connectivity index (χ0) is 14.8. The van der Waals surface area contributed by atoms with E-state index in [2.05, 4.69) is 50.1 Å². The van der Waals surface area contributed by atoms with Gasteiger partial charge in [-0.05, 0) is 37.4 Å². The normalized spacial score (nSPS) is 15.9. The Labute approximate surface area is 128 Å². The average molecular weight is 295 g/mol. The zero-order valence-electron chi connectivity index (χ0n) is 12.3. The van der Waals surface area contributed by atoms with Gasteiger partial charge in [0.1, 0.15) is 5.75 Å². The number of thiophene rings is 1. The highest BCUT2D eigenvalue weighted by atomic mass is 32.1. The molecule has 3 heteroatoms. The number of hydrogen-bond donors (Lipinski definition) is 1. The second kappa shape index (κ2) is 4.01. The highest BCUT2D eigenvalue weighted by molar-refractivity contribution is 7.22. The first-order valence-corrected chi connectivity index (χ1v) is 7.91. The summed E-state index contributed by atoms with van der Waals surface area (Å²) in [5.41, 5.74) is 3.60. The molecule has 0 spiro atoms. The number of fused-ring (bicyclic) bond motifs is 5. The molecule has 0 bridgehead atoms. The maximum Gasteiger partial charge on any atom is 0.117 e. The van der Waals surface area contributed by atoms with Gasteiger partial charge in [-0.25, -0.2) is 0 Å². The first-order chi connectivity index (χ1) is 10.00. The predicted molar refractivity (Wildman–Crippen MR) is 90.4 cm³/mol. The van der Waals surface area contributed by atoms with Crippen LogP contribution in [0.4, 0.5) is 5.69 Å². The van der Waals surface area contributed by atoms with Gasteiger partial charge in [0, 0.05) is 39.5 Å². The van der Waals surface area contributed by atoms with Crippen molar-refractivity contribution in [2.75, 3.05) is 11.9 Å². The second-order valence-electron chi connectivity index (χ2n) is 6.12. The van der Waals surface area contributed by atoms with Crippen molar-refractivity contribution < 1.29 is 5.11 Å². The lowest BCUT2D eigenvalue weighted by atomic mass is 9.84. The fourth-order valence-corrected chi connectivity index (χ4v) is 4.69. The van der Waals surface area contributed by atoms with Gasteiger partial charge in [0.2, 0.25) is 0 Å². The maximum atomic E-state index is 9.84. The average Bonchev–Trinajstić information content (AvgIpc) is 2.85. The van der Waals surface area contributed by atoms with Crippen LogP contribution in [-0.4, -0.2) is 12.2 Å². The van der Waals surface area contributed by atoms with Crippen LogP contribution >= 0.6 is 11.3 Å². The van der Waals surface area contributed by atoms with Crippen molar-refractivity contribution >= 4 is 27.1 Å². The summed E-state index contributed by atoms with van der Waals surface area (Å²) < 4.78 is 1.32. The van der Waals surface area contributed by atoms with E-state index in [0.717, 1.165) is 5.69 Å². The van der Waals surface area contributed by atoms with Crippen LogP contribution in [0.2, 0.25) is 0 Å². The van der Waals surface area contributed by atoms with Crippen LogP contribution in [0.3, 0.4) is 0 Å². The molecule has 1 aromatic heterocycles. The molecular formula is C18H17NOS. The number of rotatable bonds is 0. The largest absolute Gasteiger partial charge is 0.508 e. The van der Waals surface area contributed by atoms with E-state index in [0.29, 0.717) is 5.75 Å². The lowest BCUT2D eigenvalue weighted by molar-refractivity contribution is 0.472. The van der Waals surface area contributed by atoms with Crippen LogP contribution in [-0.2, 0) is 5.54 Å². The summed E-state index contributed by atoms with van der Waals surface area (Å²) >= 11 is 1.84. The Morgan fingerprint density at radius 2 is 1.86 bits per heavy atom. The first-order valence-electron chi connectivity index (χ1n) is 7.09. The van der Waals surface area contributed by atoms with Crippen LogP contribution < -0.4 is 4.90 Å². The monoisotopic (exact) mass is 295 g/mol. The fraction of sp³-hybridized carbons (Fsp3) is 0.222. The van der Waals surface area contributed by atoms with E-state index in [1.807, 2.05) is 23.5 Å². The van der Waals surface area contributed by atoms with Gasteiger partial charge in [0.05, 0.1) is 5.54 Å². The van der Waals surface area contributed by atoms with Crippen molar-refractivity contribution in [3.05, 3.63) is 48.0 Å². The molecule has 106 valence electrons. The van der Waals surface area contributed by atoms with Crippen LogP contribution in [0.5, 0.6) is 5.75 Å². The molecule has 0 radical (unpaired) electrons. The van der Waals surface area contributed by atoms with Gasteiger partial charge < -0.3 is 10.0 Å². The summed E-state index contributed by atoms with van der Waals surface area (Å²) in [6.07, 6.45) is 0. The summed E-state index contributed by atoms with van der Waals surface area (Å²) in [4.78, 5) is 3.60. The fourth-order valence-electron chi connectivity index (χ4n) is 3.30. The SMILES string of the molecule is CN1c2cc(O)ccc2-c2sc3ccccc3c2C1(C)C. The lowest BCUT2D eigenvalue weighted by Gasteiger charge is -2.43. The predicted octanol–water partition coefficient (Wildman–Crippen LogP) is 4.96. The molecule has 0 fully saturated rings. The van der Waals surface area contributed by atoms with Gasteiger partial charge in [-0.2, -0.15) is 0 Å². The summed E-state index contributed by atoms with van der Waals surface area (Å²) in [5.74, 6) is 0.320. The molecular weight excluding hydrogens is 278 g/mol. The number of phenolic OH excluding ortho intramolecular Hbond substituents is 1. The molecule has 0 aliphatic carbocycles. The van der Waals surface area contributed by atoms with Crippen molar-refractivity contribution in [3.8, 4) is 16.2 Å². The Morgan fingerprint density at radius 1 is 1.10 bits per heavy atom. The molecule has 3 aromatic rings. The molecule has 1 aliphatic heterocycles. The molecule has 0 unspecified atom stereocenters. The Bertz CT molecular complexity index is 863. The summed E-state index contributed by atoms with van der Waals surface area (Å²) in [6.45, 7) is 4.50. The summed E-state index contributed by atoms with van der Waals surface area (Å²) in [6, 6.07) is 14.3. The smallest absolute Gasteiger partial charge is 0.117 e. The van der Waals surface area contributed by atoms with E-state index < -0.39 is 0 Å². The number of anilines is 1. The van der Waals surface area contributed by atoms with Gasteiger partial charge in [-0.15, -0.1) is 11.3 Å². The molecule has 0 saturated carbocycles. The topological polar surface area (TPSA) is 23.5 Å². The van der Waals surface area contributed by atoms with Crippen molar-refractivity contribution in [1.82, 2.24) is 0 Å². The van der Waals surface area contributed by atoms with Crippen LogP contribution in [0.1, 0.15) is 19.4 Å². The quantitative estimate of drug-likeness (QED) is 0.633. The molecule has 2 aromatic carbocycles. The number of hydrogen-bond acceptors (Lipinski definition) is 3. The Hall–Kier alpha value is -2.00. The first kappa shape index (κ1) is 12.7. The van der Waals surface area contributed by atoms with Crippen molar-refractivity contribution in [1.29, 1.82) is 0 Å². The Balaban J connectivity index is 2.16. The minimum Gasteiger partial charge on any atom is -0.508 e. The van der Waals surface area contributed by atoms with E-state index in [1.165, 1.54) is 26.1 Å². The standard InChI is InChI=1S/C18H17NOS/c1-18(2)16-13-6-4-5-7-15(13)21-17(16)12-9-8-11(20)10-14(12)19(18)3/h4-10,20H,1-3H3. The molecule has 1 N–H and O–H groups in total. The maximum absolute atomic E-state index is 9.84. The van der Waals surface area contributed by atoms with E-state index in [9.17, 15) is 5.11 Å². The van der Waals surface area contributed by atoms with Crippen LogP contribution in [0.15, 0.2) is 42.5 Å². The van der Waals surface area contributed by atoms with E-state index >= 15 is 0 Å². The molecule has 0 saturated heterocycles. The van der Waals surface area contributed by atoms with Gasteiger partial charge in [-0.1, -0.05) is 18.2 Å². The lowest BCUT2D eigenvalue weighted by Crippen LogP contribution is -2.41. The molecule has 0 atom stereocenters. The zero-order valence-corrected chi connectivity index (χ0v) is 13.2. The third-order valence-corrected chi connectivity index (χ3v) is 5.84. The highest BCUT2D eigenvalue weighted by Gasteiger charge is 2.38. The van der Waals surface area contributed by atoms with Gasteiger partial charge in [0.25, 0.3) is 0 Å². The Morgan fingerprint density at radius 3 is 2.67 bits per heavy atom. The third-order valence-electron chi connectivity index (χ3n) is 4.63. The highest BCUT2D eigenvalue weighted by Crippen LogP contribution is 2.53. The van der Waals surface area contributed by atoms with E-state index in [-0.39, 0.29) is 5.54 Å². The second-order valence-corrected chi connectivity index (χ2v) is 7.17. The molecule has 0 amide bonds. The minimum absolute atomic E-state index is 0.101. The number of aromatic hydroxyl groups is 1. The molecule has 21 heavy (non-hydrogen) atoms. The van der Waals surface area contributed by atoms with E-state index in [1.54, 1.807) is 6.07 Å². The third kappa shape index (κ3) is 1.58. The summed E-state index contributed by atoms with van der Waals surface area (Å²) in [7, 11) is 2.10. The van der Waals surface area contributed by atoms with Gasteiger partial charge >= 0.3 is 0 Å². The molecule has 2 heterocycles. The van der Waals surface area contributed by atoms with Crippen LogP contribution in [0.25, 0.3) is 20.5 Å². The Kier molecular flexibility index (Phi) is 2.43. The molecule has 4 rings (SSSR count). The van der Waals surface area contributed by atoms with Crippen molar-refractivity contribution in [3.63, 3.8) is 0 Å². The number of benzene rings is 2. The van der Waals surface area contributed by atoms with Gasteiger partial charge in [0.15, 0.2) is 0 Å². The van der Waals surface area contributed by atoms with Crippen LogP contribution in [0, 0.1) is 0 Å². The minimum atomic E-state index is -0.101. The summed E-state index contributed by atoms with van der Waals surface area (Å²) in [5, 5.41) is 11.2. The molecule has 2 nitrogen and oxygen atoms in total. The number of nitrogens with zero attached hydrogens (tertiary/aromatic N) is 1. The molecule has 1 aliphatic rings. The van der Waals surface area contributed by atoms with Gasteiger partial charge in [-0.3, -0.25) is 0 Å². The van der Waals surface area contributed by atoms with E-state index in [4.69, 9.17) is 0 Å². The van der Waals surface area contributed by atoms with Crippen molar-refractivity contribution in [2.45, 2.75) is 19.4 Å². The number of phenols is 1. The van der Waals surface area contributed by atoms with Crippen molar-refractivity contribution in [2.24, 2.45) is 0 Å².